The van der Waals surface area contributed by atoms with Crippen molar-refractivity contribution in [3.63, 3.8) is 0 Å². The molecule has 0 saturated heterocycles. The third-order valence-corrected chi connectivity index (χ3v) is 6.65. The Morgan fingerprint density at radius 3 is 2.31 bits per heavy atom. The number of aromatic nitrogens is 2. The number of anilines is 1. The van der Waals surface area contributed by atoms with E-state index in [0.717, 1.165) is 38.5 Å². The Balaban J connectivity index is 1.40. The third-order valence-electron chi connectivity index (χ3n) is 6.40. The molecule has 3 N–H and O–H groups in total. The Labute approximate surface area is 194 Å². The van der Waals surface area contributed by atoms with Crippen LogP contribution in [0.15, 0.2) is 47.7 Å². The van der Waals surface area contributed by atoms with Crippen LogP contribution < -0.4 is 16.0 Å². The van der Waals surface area contributed by atoms with E-state index in [2.05, 4.69) is 37.8 Å². The molecule has 0 bridgehead atoms. The van der Waals surface area contributed by atoms with Crippen LogP contribution in [-0.2, 0) is 0 Å². The molecule has 32 heavy (non-hydrogen) atoms. The van der Waals surface area contributed by atoms with Gasteiger partial charge in [-0.3, -0.25) is 4.79 Å². The number of nitrogens with one attached hydrogen (secondary N) is 3. The second kappa shape index (κ2) is 10.3. The average Bonchev–Trinajstić information content (AvgIpc) is 3.22. The minimum Gasteiger partial charge on any atom is -0.353 e. The summed E-state index contributed by atoms with van der Waals surface area (Å²) in [6.07, 6.45) is 12.0. The lowest BCUT2D eigenvalue weighted by molar-refractivity contribution is 0.100. The molecule has 1 aromatic carbocycles. The van der Waals surface area contributed by atoms with Crippen LogP contribution in [0.1, 0.15) is 68.6 Å². The Kier molecular flexibility index (Phi) is 7.25. The quantitative estimate of drug-likeness (QED) is 0.453. The van der Waals surface area contributed by atoms with Crippen LogP contribution in [0.25, 0.3) is 0 Å². The first-order chi connectivity index (χ1) is 15.5. The molecule has 0 spiro atoms. The molecule has 4 rings (SSSR count). The number of halogens is 1. The van der Waals surface area contributed by atoms with Crippen molar-refractivity contribution in [3.8, 4) is 0 Å². The maximum atomic E-state index is 12.8. The summed E-state index contributed by atoms with van der Waals surface area (Å²) in [5.41, 5.74) is 0.498. The third kappa shape index (κ3) is 6.19. The van der Waals surface area contributed by atoms with Gasteiger partial charge in [0.2, 0.25) is 5.95 Å². The highest BCUT2D eigenvalue weighted by molar-refractivity contribution is 6.30. The number of nitrogens with zero attached hydrogens (tertiary/aromatic N) is 3. The molecule has 0 atom stereocenters. The number of aliphatic imine (C=N–C) groups is 1. The number of carbonyl (C=O) groups excluding carboxylic acids is 1. The minimum atomic E-state index is -0.269. The number of hydrogen-bond acceptors (Lipinski definition) is 4. The fourth-order valence-corrected chi connectivity index (χ4v) is 4.68. The molecular formula is C24H31ClN6O. The second-order valence-corrected chi connectivity index (χ2v) is 9.51. The van der Waals surface area contributed by atoms with Crippen LogP contribution in [-0.4, -0.2) is 39.5 Å². The topological polar surface area (TPSA) is 91.3 Å². The standard InChI is InChI=1S/C24H31ClN6O/c1-24(13-2-3-14-24)31-23(30-21(32)17-5-7-18(25)8-6-17)29-20-11-9-19(10-12-20)28-22-26-15-4-16-27-22/h4-8,15-16,19-20H,2-3,9-14H2,1H3,(H,26,27,28)(H2,29,30,31,32)/t19-,20-. The second-order valence-electron chi connectivity index (χ2n) is 9.07. The highest BCUT2D eigenvalue weighted by atomic mass is 35.5. The molecule has 1 amide bonds. The van der Waals surface area contributed by atoms with E-state index in [0.29, 0.717) is 28.5 Å². The van der Waals surface area contributed by atoms with E-state index in [1.807, 2.05) is 6.07 Å². The lowest BCUT2D eigenvalue weighted by atomic mass is 9.91. The van der Waals surface area contributed by atoms with Gasteiger partial charge < -0.3 is 16.0 Å². The van der Waals surface area contributed by atoms with Gasteiger partial charge in [0.25, 0.3) is 5.91 Å². The van der Waals surface area contributed by atoms with Crippen LogP contribution in [0.5, 0.6) is 0 Å². The molecule has 2 fully saturated rings. The molecule has 170 valence electrons. The molecule has 1 aromatic heterocycles. The van der Waals surface area contributed by atoms with Gasteiger partial charge in [-0.25, -0.2) is 9.97 Å². The van der Waals surface area contributed by atoms with Gasteiger partial charge in [-0.05, 0) is 75.8 Å². The Bertz CT molecular complexity index is 919. The van der Waals surface area contributed by atoms with Gasteiger partial charge in [-0.15, -0.1) is 0 Å². The van der Waals surface area contributed by atoms with Crippen LogP contribution >= 0.6 is 11.6 Å². The minimum absolute atomic E-state index is 0.0322. The zero-order valence-electron chi connectivity index (χ0n) is 18.5. The summed E-state index contributed by atoms with van der Waals surface area (Å²) in [5, 5.41) is 11.1. The number of amides is 1. The lowest BCUT2D eigenvalue weighted by Crippen LogP contribution is -2.53. The molecule has 1 heterocycles. The summed E-state index contributed by atoms with van der Waals surface area (Å²) in [5.74, 6) is 0.988. The number of hydrogen-bond donors (Lipinski definition) is 3. The fraction of sp³-hybridized carbons (Fsp3) is 0.500. The summed E-state index contributed by atoms with van der Waals surface area (Å²) in [4.78, 5) is 25.8. The van der Waals surface area contributed by atoms with E-state index in [-0.39, 0.29) is 17.5 Å². The summed E-state index contributed by atoms with van der Waals surface area (Å²) >= 11 is 5.96. The number of carbonyl (C=O) groups is 1. The van der Waals surface area contributed by atoms with Crippen molar-refractivity contribution in [2.75, 3.05) is 5.32 Å². The van der Waals surface area contributed by atoms with Crippen molar-refractivity contribution in [1.82, 2.24) is 20.6 Å². The van der Waals surface area contributed by atoms with Crippen LogP contribution in [0.4, 0.5) is 5.95 Å². The Hall–Kier alpha value is -2.67. The van der Waals surface area contributed by atoms with Crippen molar-refractivity contribution in [2.24, 2.45) is 4.99 Å². The summed E-state index contributed by atoms with van der Waals surface area (Å²) in [7, 11) is 0. The highest BCUT2D eigenvalue weighted by Gasteiger charge is 2.31. The number of guanidine groups is 1. The van der Waals surface area contributed by atoms with Crippen molar-refractivity contribution >= 4 is 29.4 Å². The molecule has 8 heteroatoms. The maximum Gasteiger partial charge on any atom is 0.280 e. The fourth-order valence-electron chi connectivity index (χ4n) is 4.55. The van der Waals surface area contributed by atoms with E-state index >= 15 is 0 Å². The van der Waals surface area contributed by atoms with Gasteiger partial charge in [0.05, 0.1) is 0 Å². The highest BCUT2D eigenvalue weighted by Crippen LogP contribution is 2.29. The van der Waals surface area contributed by atoms with E-state index < -0.39 is 0 Å². The van der Waals surface area contributed by atoms with Crippen molar-refractivity contribution in [1.29, 1.82) is 0 Å². The monoisotopic (exact) mass is 454 g/mol. The zero-order chi connectivity index (χ0) is 22.4. The van der Waals surface area contributed by atoms with E-state index in [1.54, 1.807) is 36.7 Å². The zero-order valence-corrected chi connectivity index (χ0v) is 19.2. The van der Waals surface area contributed by atoms with Gasteiger partial charge in [0.15, 0.2) is 5.96 Å². The summed E-state index contributed by atoms with van der Waals surface area (Å²) in [6, 6.07) is 9.29. The van der Waals surface area contributed by atoms with Crippen molar-refractivity contribution < 1.29 is 4.79 Å². The van der Waals surface area contributed by atoms with E-state index in [1.165, 1.54) is 12.8 Å². The van der Waals surface area contributed by atoms with Gasteiger partial charge in [0.1, 0.15) is 0 Å². The predicted octanol–water partition coefficient (Wildman–Crippen LogP) is 4.56. The van der Waals surface area contributed by atoms with Gasteiger partial charge in [0, 0.05) is 40.6 Å². The molecule has 2 saturated carbocycles. The van der Waals surface area contributed by atoms with Gasteiger partial charge in [-0.2, -0.15) is 4.99 Å². The molecular weight excluding hydrogens is 424 g/mol. The molecule has 2 aromatic rings. The average molecular weight is 455 g/mol. The SMILES string of the molecule is CC1(N/C(=N/C(=O)c2ccc(Cl)cc2)N[C@H]2CC[C@H](Nc3ncccn3)CC2)CCCC1. The lowest BCUT2D eigenvalue weighted by Gasteiger charge is -2.33. The predicted molar refractivity (Wildman–Crippen MR) is 128 cm³/mol. The van der Waals surface area contributed by atoms with Crippen molar-refractivity contribution in [2.45, 2.75) is 75.9 Å². The van der Waals surface area contributed by atoms with Gasteiger partial charge in [-0.1, -0.05) is 24.4 Å². The van der Waals surface area contributed by atoms with Crippen molar-refractivity contribution in [3.05, 3.63) is 53.3 Å². The van der Waals surface area contributed by atoms with E-state index in [9.17, 15) is 4.79 Å². The largest absolute Gasteiger partial charge is 0.353 e. The first kappa shape index (κ1) is 22.5. The van der Waals surface area contributed by atoms with Crippen LogP contribution in [0.3, 0.4) is 0 Å². The molecule has 2 aliphatic carbocycles. The summed E-state index contributed by atoms with van der Waals surface area (Å²) in [6.45, 7) is 2.21. The van der Waals surface area contributed by atoms with Crippen LogP contribution in [0.2, 0.25) is 5.02 Å². The van der Waals surface area contributed by atoms with Crippen LogP contribution in [0, 0.1) is 0 Å². The molecule has 2 aliphatic rings. The molecule has 0 radical (unpaired) electrons. The summed E-state index contributed by atoms with van der Waals surface area (Å²) < 4.78 is 0. The smallest absolute Gasteiger partial charge is 0.280 e. The van der Waals surface area contributed by atoms with Gasteiger partial charge >= 0.3 is 0 Å². The first-order valence-electron chi connectivity index (χ1n) is 11.5. The molecule has 0 aliphatic heterocycles. The maximum absolute atomic E-state index is 12.8. The Morgan fingerprint density at radius 1 is 1.03 bits per heavy atom. The normalized spacial score (nSPS) is 22.9. The number of benzene rings is 1. The first-order valence-corrected chi connectivity index (χ1v) is 11.8. The number of rotatable bonds is 5. The molecule has 7 nitrogen and oxygen atoms in total. The molecule has 0 unspecified atom stereocenters. The van der Waals surface area contributed by atoms with E-state index in [4.69, 9.17) is 11.6 Å². The Morgan fingerprint density at radius 2 is 1.66 bits per heavy atom.